The van der Waals surface area contributed by atoms with E-state index in [-0.39, 0.29) is 11.7 Å². The highest BCUT2D eigenvalue weighted by atomic mass is 16.7. The molecule has 7 atom stereocenters. The maximum atomic E-state index is 12.7. The summed E-state index contributed by atoms with van der Waals surface area (Å²) in [6, 6.07) is 0. The van der Waals surface area contributed by atoms with Crippen molar-refractivity contribution in [3.05, 3.63) is 35.5 Å². The van der Waals surface area contributed by atoms with E-state index in [1.165, 1.54) is 6.92 Å². The summed E-state index contributed by atoms with van der Waals surface area (Å²) in [6.45, 7) is 11.9. The van der Waals surface area contributed by atoms with Crippen molar-refractivity contribution in [1.29, 1.82) is 0 Å². The minimum absolute atomic E-state index is 0.0947. The second kappa shape index (κ2) is 8.00. The van der Waals surface area contributed by atoms with Gasteiger partial charge < -0.3 is 24.1 Å². The first kappa shape index (κ1) is 22.2. The van der Waals surface area contributed by atoms with E-state index in [4.69, 9.17) is 18.9 Å². The molecule has 3 rings (SSSR count). The molecular formula is C22H28O8. The molecule has 30 heavy (non-hydrogen) atoms. The first-order valence-electron chi connectivity index (χ1n) is 9.94. The summed E-state index contributed by atoms with van der Waals surface area (Å²) < 4.78 is 21.8. The molecule has 0 amide bonds. The number of esters is 3. The molecule has 2 fully saturated rings. The van der Waals surface area contributed by atoms with Gasteiger partial charge in [-0.05, 0) is 44.9 Å². The molecule has 2 aliphatic heterocycles. The molecule has 0 bridgehead atoms. The molecule has 0 aromatic carbocycles. The standard InChI is InChI=1S/C22H28O8/c1-10-7-8-15(27-14(5)23)11(2)9-16-17(12(3)20(25)28-16)18(24)19(10)29-21(26)22(6)13(4)30-22/h7,9,13,15-19,24H,3,8H2,1-2,4-6H3/b10-7+,11-9+/t13-,15+,16-,17+,18+,19?,22-/m1/s1. The van der Waals surface area contributed by atoms with Crippen LogP contribution in [-0.4, -0.2) is 59.1 Å². The lowest BCUT2D eigenvalue weighted by molar-refractivity contribution is -0.160. The first-order chi connectivity index (χ1) is 14.0. The summed E-state index contributed by atoms with van der Waals surface area (Å²) in [6.07, 6.45) is -0.284. The van der Waals surface area contributed by atoms with Crippen LogP contribution in [0.1, 0.15) is 41.0 Å². The molecule has 1 unspecified atom stereocenters. The van der Waals surface area contributed by atoms with Gasteiger partial charge in [-0.1, -0.05) is 12.7 Å². The van der Waals surface area contributed by atoms with E-state index in [2.05, 4.69) is 6.58 Å². The second-order valence-corrected chi connectivity index (χ2v) is 8.30. The minimum Gasteiger partial charge on any atom is -0.458 e. The van der Waals surface area contributed by atoms with Gasteiger partial charge in [0.1, 0.15) is 24.4 Å². The zero-order chi connectivity index (χ0) is 22.4. The van der Waals surface area contributed by atoms with E-state index in [1.807, 2.05) is 0 Å². The molecule has 2 heterocycles. The fourth-order valence-corrected chi connectivity index (χ4v) is 3.85. The van der Waals surface area contributed by atoms with Gasteiger partial charge in [-0.25, -0.2) is 9.59 Å². The molecule has 0 spiro atoms. The molecule has 3 aliphatic rings. The Bertz CT molecular complexity index is 840. The first-order valence-corrected chi connectivity index (χ1v) is 9.94. The van der Waals surface area contributed by atoms with Crippen LogP contribution >= 0.6 is 0 Å². The van der Waals surface area contributed by atoms with Gasteiger partial charge in [0.25, 0.3) is 0 Å². The molecule has 0 saturated carbocycles. The number of ether oxygens (including phenoxy) is 4. The third kappa shape index (κ3) is 4.06. The average Bonchev–Trinajstić information content (AvgIpc) is 3.18. The number of carbonyl (C=O) groups excluding carboxylic acids is 3. The Kier molecular flexibility index (Phi) is 5.93. The Hall–Kier alpha value is -2.45. The van der Waals surface area contributed by atoms with E-state index >= 15 is 0 Å². The predicted octanol–water partition coefficient (Wildman–Crippen LogP) is 1.76. The lowest BCUT2D eigenvalue weighted by atomic mass is 9.83. The molecule has 2 saturated heterocycles. The van der Waals surface area contributed by atoms with E-state index in [1.54, 1.807) is 39.8 Å². The molecule has 0 aromatic heterocycles. The highest BCUT2D eigenvalue weighted by molar-refractivity contribution is 5.91. The van der Waals surface area contributed by atoms with Crippen LogP contribution in [0, 0.1) is 5.92 Å². The van der Waals surface area contributed by atoms with E-state index in [9.17, 15) is 19.5 Å². The topological polar surface area (TPSA) is 112 Å². The van der Waals surface area contributed by atoms with Crippen LogP contribution in [0.25, 0.3) is 0 Å². The average molecular weight is 420 g/mol. The zero-order valence-corrected chi connectivity index (χ0v) is 17.8. The number of aliphatic hydroxyl groups is 1. The number of aliphatic hydroxyl groups excluding tert-OH is 1. The fraction of sp³-hybridized carbons (Fsp3) is 0.591. The number of carbonyl (C=O) groups is 3. The SMILES string of the molecule is C=C1C(=O)O[C@@H]2/C=C(\C)[C@@H](OC(C)=O)C/C=C(\C)C(OC(=O)[C@]3(C)O[C@@H]3C)[C@@H](O)[C@@H]12. The lowest BCUT2D eigenvalue weighted by Crippen LogP contribution is -2.44. The van der Waals surface area contributed by atoms with Gasteiger partial charge >= 0.3 is 17.9 Å². The van der Waals surface area contributed by atoms with Crippen molar-refractivity contribution in [2.75, 3.05) is 0 Å². The van der Waals surface area contributed by atoms with Crippen molar-refractivity contribution in [3.63, 3.8) is 0 Å². The van der Waals surface area contributed by atoms with Crippen LogP contribution in [0.3, 0.4) is 0 Å². The third-order valence-electron chi connectivity index (χ3n) is 6.07. The Balaban J connectivity index is 1.98. The maximum Gasteiger partial charge on any atom is 0.341 e. The molecule has 8 heteroatoms. The van der Waals surface area contributed by atoms with Crippen LogP contribution in [-0.2, 0) is 33.3 Å². The summed E-state index contributed by atoms with van der Waals surface area (Å²) in [4.78, 5) is 36.4. The largest absolute Gasteiger partial charge is 0.458 e. The van der Waals surface area contributed by atoms with Crippen molar-refractivity contribution < 1.29 is 38.4 Å². The predicted molar refractivity (Wildman–Crippen MR) is 105 cm³/mol. The number of rotatable bonds is 3. The van der Waals surface area contributed by atoms with E-state index in [0.717, 1.165) is 0 Å². The van der Waals surface area contributed by atoms with Gasteiger partial charge in [0.05, 0.1) is 12.0 Å². The van der Waals surface area contributed by atoms with Crippen molar-refractivity contribution in [3.8, 4) is 0 Å². The maximum absolute atomic E-state index is 12.7. The smallest absolute Gasteiger partial charge is 0.341 e. The summed E-state index contributed by atoms with van der Waals surface area (Å²) >= 11 is 0. The second-order valence-electron chi connectivity index (χ2n) is 8.30. The lowest BCUT2D eigenvalue weighted by Gasteiger charge is -2.31. The molecule has 0 aromatic rings. The Labute approximate surface area is 175 Å². The van der Waals surface area contributed by atoms with Crippen LogP contribution in [0.2, 0.25) is 0 Å². The Morgan fingerprint density at radius 3 is 2.47 bits per heavy atom. The van der Waals surface area contributed by atoms with Crippen molar-refractivity contribution in [1.82, 2.24) is 0 Å². The van der Waals surface area contributed by atoms with Crippen LogP contribution in [0.5, 0.6) is 0 Å². The van der Waals surface area contributed by atoms with E-state index in [0.29, 0.717) is 17.6 Å². The minimum atomic E-state index is -1.26. The van der Waals surface area contributed by atoms with Gasteiger partial charge in [-0.3, -0.25) is 4.79 Å². The number of hydrogen-bond donors (Lipinski definition) is 1. The fourth-order valence-electron chi connectivity index (χ4n) is 3.85. The number of hydrogen-bond acceptors (Lipinski definition) is 8. The monoisotopic (exact) mass is 420 g/mol. The van der Waals surface area contributed by atoms with Gasteiger partial charge in [-0.2, -0.15) is 0 Å². The summed E-state index contributed by atoms with van der Waals surface area (Å²) in [7, 11) is 0. The molecule has 1 N–H and O–H groups in total. The molecular weight excluding hydrogens is 392 g/mol. The van der Waals surface area contributed by atoms with Crippen LogP contribution in [0.15, 0.2) is 35.5 Å². The quantitative estimate of drug-likeness (QED) is 0.242. The summed E-state index contributed by atoms with van der Waals surface area (Å²) in [5.74, 6) is -2.50. The molecule has 0 radical (unpaired) electrons. The van der Waals surface area contributed by atoms with Crippen molar-refractivity contribution in [2.45, 2.75) is 77.2 Å². The Morgan fingerprint density at radius 1 is 1.27 bits per heavy atom. The van der Waals surface area contributed by atoms with Crippen LogP contribution < -0.4 is 0 Å². The zero-order valence-electron chi connectivity index (χ0n) is 17.8. The highest BCUT2D eigenvalue weighted by Gasteiger charge is 2.58. The summed E-state index contributed by atoms with van der Waals surface area (Å²) in [5, 5.41) is 11.2. The van der Waals surface area contributed by atoms with Gasteiger partial charge in [0.15, 0.2) is 5.60 Å². The third-order valence-corrected chi connectivity index (χ3v) is 6.07. The van der Waals surface area contributed by atoms with Crippen molar-refractivity contribution in [2.24, 2.45) is 5.92 Å². The number of epoxide rings is 1. The molecule has 164 valence electrons. The highest BCUT2D eigenvalue weighted by Crippen LogP contribution is 2.40. The van der Waals surface area contributed by atoms with Crippen molar-refractivity contribution >= 4 is 17.9 Å². The van der Waals surface area contributed by atoms with Gasteiger partial charge in [0.2, 0.25) is 0 Å². The number of fused-ring (bicyclic) bond motifs is 1. The normalized spacial score (nSPS) is 42.1. The van der Waals surface area contributed by atoms with Crippen LogP contribution in [0.4, 0.5) is 0 Å². The Morgan fingerprint density at radius 2 is 1.90 bits per heavy atom. The summed E-state index contributed by atoms with van der Waals surface area (Å²) in [5.41, 5.74) is 0.273. The molecule has 8 nitrogen and oxygen atoms in total. The van der Waals surface area contributed by atoms with E-state index < -0.39 is 53.8 Å². The molecule has 1 aliphatic carbocycles. The van der Waals surface area contributed by atoms with Gasteiger partial charge in [-0.15, -0.1) is 0 Å². The van der Waals surface area contributed by atoms with Gasteiger partial charge in [0, 0.05) is 18.9 Å².